The molecule has 3 heteroatoms. The van der Waals surface area contributed by atoms with Gasteiger partial charge in [0.15, 0.2) is 0 Å². The van der Waals surface area contributed by atoms with Gasteiger partial charge < -0.3 is 5.73 Å². The third-order valence-corrected chi connectivity index (χ3v) is 5.01. The van der Waals surface area contributed by atoms with Crippen molar-refractivity contribution >= 4 is 15.9 Å². The molecule has 0 bridgehead atoms. The zero-order chi connectivity index (χ0) is 15.3. The third kappa shape index (κ3) is 3.53. The molecule has 1 atom stereocenters. The third-order valence-electron chi connectivity index (χ3n) is 4.54. The molecule has 0 saturated carbocycles. The van der Waals surface area contributed by atoms with Crippen molar-refractivity contribution in [3.05, 3.63) is 64.4 Å². The van der Waals surface area contributed by atoms with Crippen LogP contribution in [0.2, 0.25) is 0 Å². The number of hydrogen-bond acceptors (Lipinski definition) is 2. The summed E-state index contributed by atoms with van der Waals surface area (Å²) in [7, 11) is 0. The molecule has 1 heterocycles. The van der Waals surface area contributed by atoms with Crippen LogP contribution in [0.15, 0.2) is 53.1 Å². The van der Waals surface area contributed by atoms with Gasteiger partial charge in [0.2, 0.25) is 0 Å². The zero-order valence-electron chi connectivity index (χ0n) is 12.7. The Morgan fingerprint density at radius 1 is 1.10 bits per heavy atom. The number of nitrogens with two attached hydrogens (primary N) is 1. The lowest BCUT2D eigenvalue weighted by Crippen LogP contribution is -2.46. The second kappa shape index (κ2) is 7.19. The van der Waals surface area contributed by atoms with E-state index in [2.05, 4.69) is 65.1 Å². The number of hydrogen-bond donors (Lipinski definition) is 1. The number of aromatic nitrogens is 1. The maximum atomic E-state index is 6.62. The molecule has 0 aliphatic carbocycles. The highest BCUT2D eigenvalue weighted by Gasteiger charge is 2.35. The van der Waals surface area contributed by atoms with Gasteiger partial charge >= 0.3 is 0 Å². The minimum Gasteiger partial charge on any atom is -0.327 e. The standard InChI is InChI=1S/C18H23BrN2/c1-3-18(4-2,14-8-6-5-7-9-14)17(20)12-16-11-10-15(19)13-21-16/h5-11,13,17H,3-4,12,20H2,1-2H3. The van der Waals surface area contributed by atoms with Crippen molar-refractivity contribution in [2.45, 2.75) is 44.6 Å². The Hall–Kier alpha value is -1.19. The Balaban J connectivity index is 2.27. The maximum Gasteiger partial charge on any atom is 0.0420 e. The Labute approximate surface area is 135 Å². The first kappa shape index (κ1) is 16.2. The van der Waals surface area contributed by atoms with Gasteiger partial charge in [0.25, 0.3) is 0 Å². The van der Waals surface area contributed by atoms with Crippen molar-refractivity contribution in [3.8, 4) is 0 Å². The number of rotatable bonds is 6. The molecule has 1 unspecified atom stereocenters. The number of nitrogens with zero attached hydrogens (tertiary/aromatic N) is 1. The highest BCUT2D eigenvalue weighted by Crippen LogP contribution is 2.35. The maximum absolute atomic E-state index is 6.62. The average molecular weight is 347 g/mol. The minimum absolute atomic E-state index is 0.00993. The van der Waals surface area contributed by atoms with Gasteiger partial charge in [0.1, 0.15) is 0 Å². The molecule has 2 N–H and O–H groups in total. The fraction of sp³-hybridized carbons (Fsp3) is 0.389. The topological polar surface area (TPSA) is 38.9 Å². The quantitative estimate of drug-likeness (QED) is 0.837. The van der Waals surface area contributed by atoms with Crippen molar-refractivity contribution in [1.82, 2.24) is 4.98 Å². The van der Waals surface area contributed by atoms with Crippen LogP contribution in [0.4, 0.5) is 0 Å². The average Bonchev–Trinajstić information content (AvgIpc) is 2.52. The summed E-state index contributed by atoms with van der Waals surface area (Å²) in [5.74, 6) is 0. The van der Waals surface area contributed by atoms with Crippen LogP contribution in [0.25, 0.3) is 0 Å². The smallest absolute Gasteiger partial charge is 0.0420 e. The Morgan fingerprint density at radius 2 is 1.76 bits per heavy atom. The van der Waals surface area contributed by atoms with Gasteiger partial charge in [0, 0.05) is 34.2 Å². The first-order valence-corrected chi connectivity index (χ1v) is 8.33. The van der Waals surface area contributed by atoms with Gasteiger partial charge in [-0.15, -0.1) is 0 Å². The normalized spacial score (nSPS) is 13.1. The van der Waals surface area contributed by atoms with Gasteiger partial charge in [-0.3, -0.25) is 4.98 Å². The Kier molecular flexibility index (Phi) is 5.54. The zero-order valence-corrected chi connectivity index (χ0v) is 14.3. The van der Waals surface area contributed by atoms with E-state index in [1.54, 1.807) is 0 Å². The highest BCUT2D eigenvalue weighted by molar-refractivity contribution is 9.10. The molecule has 2 aromatic rings. The molecule has 112 valence electrons. The van der Waals surface area contributed by atoms with Crippen LogP contribution in [-0.2, 0) is 11.8 Å². The molecule has 2 rings (SSSR count). The van der Waals surface area contributed by atoms with E-state index in [1.807, 2.05) is 18.3 Å². The van der Waals surface area contributed by atoms with E-state index in [1.165, 1.54) is 5.56 Å². The summed E-state index contributed by atoms with van der Waals surface area (Å²) in [6.45, 7) is 4.46. The molecule has 0 spiro atoms. The summed E-state index contributed by atoms with van der Waals surface area (Å²) in [6.07, 6.45) is 4.70. The molecule has 0 aliphatic rings. The molecular formula is C18H23BrN2. The second-order valence-electron chi connectivity index (χ2n) is 5.51. The van der Waals surface area contributed by atoms with Crippen LogP contribution in [0.3, 0.4) is 0 Å². The van der Waals surface area contributed by atoms with Gasteiger partial charge in [0.05, 0.1) is 0 Å². The van der Waals surface area contributed by atoms with Crippen LogP contribution in [-0.4, -0.2) is 11.0 Å². The molecule has 0 saturated heterocycles. The van der Waals surface area contributed by atoms with Gasteiger partial charge in [-0.05, 0) is 46.5 Å². The second-order valence-corrected chi connectivity index (χ2v) is 6.42. The van der Waals surface area contributed by atoms with Crippen LogP contribution < -0.4 is 5.73 Å². The van der Waals surface area contributed by atoms with Crippen molar-refractivity contribution < 1.29 is 0 Å². The summed E-state index contributed by atoms with van der Waals surface area (Å²) in [5.41, 5.74) is 9.02. The van der Waals surface area contributed by atoms with Gasteiger partial charge in [-0.25, -0.2) is 0 Å². The fourth-order valence-corrected chi connectivity index (χ4v) is 3.35. The molecule has 1 aromatic heterocycles. The summed E-state index contributed by atoms with van der Waals surface area (Å²) in [6, 6.07) is 14.8. The Bertz CT molecular complexity index is 547. The van der Waals surface area contributed by atoms with Crippen molar-refractivity contribution in [2.75, 3.05) is 0 Å². The SMILES string of the molecule is CCC(CC)(c1ccccc1)C(N)Cc1ccc(Br)cn1. The predicted molar refractivity (Wildman–Crippen MR) is 92.3 cm³/mol. The van der Waals surface area contributed by atoms with E-state index >= 15 is 0 Å². The van der Waals surface area contributed by atoms with E-state index in [4.69, 9.17) is 5.73 Å². The molecule has 21 heavy (non-hydrogen) atoms. The van der Waals surface area contributed by atoms with E-state index < -0.39 is 0 Å². The molecule has 2 nitrogen and oxygen atoms in total. The van der Waals surface area contributed by atoms with Crippen LogP contribution >= 0.6 is 15.9 Å². The van der Waals surface area contributed by atoms with Crippen LogP contribution in [0.5, 0.6) is 0 Å². The van der Waals surface area contributed by atoms with Crippen molar-refractivity contribution in [3.63, 3.8) is 0 Å². The number of benzene rings is 1. The van der Waals surface area contributed by atoms with E-state index in [9.17, 15) is 0 Å². The first-order valence-electron chi connectivity index (χ1n) is 7.54. The van der Waals surface area contributed by atoms with E-state index in [0.29, 0.717) is 0 Å². The molecule has 0 fully saturated rings. The van der Waals surface area contributed by atoms with Crippen LogP contribution in [0, 0.1) is 0 Å². The molecule has 0 radical (unpaired) electrons. The molecule has 0 amide bonds. The van der Waals surface area contributed by atoms with E-state index in [-0.39, 0.29) is 11.5 Å². The first-order chi connectivity index (χ1) is 10.1. The largest absolute Gasteiger partial charge is 0.327 e. The molecule has 1 aromatic carbocycles. The molecular weight excluding hydrogens is 324 g/mol. The lowest BCUT2D eigenvalue weighted by molar-refractivity contribution is 0.313. The van der Waals surface area contributed by atoms with Crippen molar-refractivity contribution in [2.24, 2.45) is 5.73 Å². The lowest BCUT2D eigenvalue weighted by atomic mass is 9.69. The molecule has 0 aliphatic heterocycles. The van der Waals surface area contributed by atoms with Crippen LogP contribution in [0.1, 0.15) is 37.9 Å². The highest BCUT2D eigenvalue weighted by atomic mass is 79.9. The summed E-state index contributed by atoms with van der Waals surface area (Å²) >= 11 is 3.42. The fourth-order valence-electron chi connectivity index (χ4n) is 3.11. The summed E-state index contributed by atoms with van der Waals surface area (Å²) < 4.78 is 1.00. The van der Waals surface area contributed by atoms with Gasteiger partial charge in [-0.2, -0.15) is 0 Å². The Morgan fingerprint density at radius 3 is 2.29 bits per heavy atom. The summed E-state index contributed by atoms with van der Waals surface area (Å²) in [4.78, 5) is 4.47. The number of halogens is 1. The minimum atomic E-state index is 0.00993. The van der Waals surface area contributed by atoms with E-state index in [0.717, 1.165) is 29.4 Å². The monoisotopic (exact) mass is 346 g/mol. The summed E-state index contributed by atoms with van der Waals surface area (Å²) in [5, 5.41) is 0. The lowest BCUT2D eigenvalue weighted by Gasteiger charge is -2.38. The van der Waals surface area contributed by atoms with Gasteiger partial charge in [-0.1, -0.05) is 44.2 Å². The predicted octanol–water partition coefficient (Wildman–Crippen LogP) is 4.47. The van der Waals surface area contributed by atoms with Crippen molar-refractivity contribution in [1.29, 1.82) is 0 Å². The number of pyridine rings is 1.